The lowest BCUT2D eigenvalue weighted by Crippen LogP contribution is -2.30. The van der Waals surface area contributed by atoms with E-state index in [1.54, 1.807) is 18.2 Å². The summed E-state index contributed by atoms with van der Waals surface area (Å²) < 4.78 is 43.8. The van der Waals surface area contributed by atoms with Crippen molar-refractivity contribution in [1.82, 2.24) is 0 Å². The molecular formula is C19H19F2NO6. The van der Waals surface area contributed by atoms with Crippen LogP contribution in [0.5, 0.6) is 17.2 Å². The van der Waals surface area contributed by atoms with E-state index in [1.165, 1.54) is 45.4 Å². The summed E-state index contributed by atoms with van der Waals surface area (Å²) in [7, 11) is 2.95. The lowest BCUT2D eigenvalue weighted by Gasteiger charge is -2.15. The van der Waals surface area contributed by atoms with Gasteiger partial charge in [0.25, 0.3) is 5.91 Å². The van der Waals surface area contributed by atoms with E-state index in [1.807, 2.05) is 0 Å². The number of carbonyl (C=O) groups excluding carboxylic acids is 2. The second-order valence-electron chi connectivity index (χ2n) is 5.51. The van der Waals surface area contributed by atoms with E-state index < -0.39 is 24.6 Å². The van der Waals surface area contributed by atoms with Crippen molar-refractivity contribution in [3.05, 3.63) is 48.0 Å². The van der Waals surface area contributed by atoms with Crippen LogP contribution in [0.25, 0.3) is 0 Å². The molecule has 1 atom stereocenters. The molecule has 0 saturated carbocycles. The van der Waals surface area contributed by atoms with Crippen LogP contribution >= 0.6 is 0 Å². The highest BCUT2D eigenvalue weighted by Gasteiger charge is 2.20. The van der Waals surface area contributed by atoms with Crippen LogP contribution in [0.15, 0.2) is 42.5 Å². The predicted octanol–water partition coefficient (Wildman–Crippen LogP) is 3.49. The van der Waals surface area contributed by atoms with Gasteiger partial charge < -0.3 is 24.3 Å². The van der Waals surface area contributed by atoms with Gasteiger partial charge in [-0.05, 0) is 43.3 Å². The van der Waals surface area contributed by atoms with E-state index in [0.29, 0.717) is 17.2 Å². The zero-order chi connectivity index (χ0) is 20.7. The van der Waals surface area contributed by atoms with Crippen LogP contribution in [-0.4, -0.2) is 38.8 Å². The van der Waals surface area contributed by atoms with Crippen LogP contribution in [0.2, 0.25) is 0 Å². The Hall–Kier alpha value is -3.36. The number of carbonyl (C=O) groups is 2. The summed E-state index contributed by atoms with van der Waals surface area (Å²) in [4.78, 5) is 24.3. The minimum atomic E-state index is -2.96. The molecule has 9 heteroatoms. The topological polar surface area (TPSA) is 83.1 Å². The zero-order valence-electron chi connectivity index (χ0n) is 15.4. The standard InChI is InChI=1S/C19H19F2NO6/c1-11(17(23)22-13-6-9-15(25-2)16(10-13)26-3)27-18(24)12-4-7-14(8-5-12)28-19(20)21/h4-11,19H,1-3H3,(H,22,23)/t11-/m0/s1. The van der Waals surface area contributed by atoms with Crippen molar-refractivity contribution in [3.8, 4) is 17.2 Å². The smallest absolute Gasteiger partial charge is 0.387 e. The van der Waals surface area contributed by atoms with E-state index in [0.717, 1.165) is 0 Å². The number of halogens is 2. The Balaban J connectivity index is 1.97. The summed E-state index contributed by atoms with van der Waals surface area (Å²) in [6.07, 6.45) is -1.10. The molecule has 1 N–H and O–H groups in total. The van der Waals surface area contributed by atoms with E-state index >= 15 is 0 Å². The molecule has 2 aromatic rings. The maximum atomic E-state index is 12.2. The number of hydrogen-bond acceptors (Lipinski definition) is 6. The third-order valence-corrected chi connectivity index (χ3v) is 3.62. The third-order valence-electron chi connectivity index (χ3n) is 3.62. The van der Waals surface area contributed by atoms with Crippen molar-refractivity contribution < 1.29 is 37.3 Å². The molecule has 0 aliphatic carbocycles. The molecule has 0 aliphatic rings. The zero-order valence-corrected chi connectivity index (χ0v) is 15.4. The largest absolute Gasteiger partial charge is 0.493 e. The highest BCUT2D eigenvalue weighted by Crippen LogP contribution is 2.29. The summed E-state index contributed by atoms with van der Waals surface area (Å²) in [5.41, 5.74) is 0.520. The molecular weight excluding hydrogens is 376 g/mol. The van der Waals surface area contributed by atoms with E-state index in [-0.39, 0.29) is 11.3 Å². The molecule has 2 aromatic carbocycles. The Bertz CT molecular complexity index is 826. The lowest BCUT2D eigenvalue weighted by atomic mass is 10.2. The Morgan fingerprint density at radius 1 is 0.964 bits per heavy atom. The van der Waals surface area contributed by atoms with E-state index in [9.17, 15) is 18.4 Å². The molecule has 7 nitrogen and oxygen atoms in total. The summed E-state index contributed by atoms with van der Waals surface area (Å²) in [6, 6.07) is 9.73. The van der Waals surface area contributed by atoms with Crippen molar-refractivity contribution in [2.24, 2.45) is 0 Å². The number of nitrogens with one attached hydrogen (secondary N) is 1. The average molecular weight is 395 g/mol. The summed E-state index contributed by atoms with van der Waals surface area (Å²) >= 11 is 0. The molecule has 0 unspecified atom stereocenters. The molecule has 0 aromatic heterocycles. The fraction of sp³-hybridized carbons (Fsp3) is 0.263. The molecule has 150 valence electrons. The van der Waals surface area contributed by atoms with E-state index in [2.05, 4.69) is 10.1 Å². The Morgan fingerprint density at radius 2 is 1.61 bits per heavy atom. The van der Waals surface area contributed by atoms with Gasteiger partial charge in [0.1, 0.15) is 5.75 Å². The number of anilines is 1. The van der Waals surface area contributed by atoms with Crippen molar-refractivity contribution in [2.45, 2.75) is 19.6 Å². The van der Waals surface area contributed by atoms with Gasteiger partial charge in [-0.25, -0.2) is 4.79 Å². The Morgan fingerprint density at radius 3 is 2.18 bits per heavy atom. The minimum Gasteiger partial charge on any atom is -0.493 e. The number of methoxy groups -OCH3 is 2. The average Bonchev–Trinajstić information content (AvgIpc) is 2.67. The quantitative estimate of drug-likeness (QED) is 0.689. The van der Waals surface area contributed by atoms with Crippen LogP contribution in [0.3, 0.4) is 0 Å². The first-order valence-electron chi connectivity index (χ1n) is 8.12. The van der Waals surface area contributed by atoms with Crippen LogP contribution < -0.4 is 19.5 Å². The normalized spacial score (nSPS) is 11.5. The van der Waals surface area contributed by atoms with Gasteiger partial charge in [-0.15, -0.1) is 0 Å². The van der Waals surface area contributed by atoms with Crippen LogP contribution in [0.4, 0.5) is 14.5 Å². The Labute approximate surface area is 160 Å². The van der Waals surface area contributed by atoms with Gasteiger partial charge in [0.15, 0.2) is 17.6 Å². The van der Waals surface area contributed by atoms with Gasteiger partial charge in [-0.2, -0.15) is 8.78 Å². The van der Waals surface area contributed by atoms with Gasteiger partial charge in [-0.3, -0.25) is 4.79 Å². The minimum absolute atomic E-state index is 0.0902. The second kappa shape index (κ2) is 9.54. The second-order valence-corrected chi connectivity index (χ2v) is 5.51. The predicted molar refractivity (Wildman–Crippen MR) is 96.1 cm³/mol. The van der Waals surface area contributed by atoms with E-state index in [4.69, 9.17) is 14.2 Å². The fourth-order valence-electron chi connectivity index (χ4n) is 2.21. The number of ether oxygens (including phenoxy) is 4. The molecule has 0 radical (unpaired) electrons. The molecule has 0 spiro atoms. The molecule has 0 bridgehead atoms. The first-order valence-corrected chi connectivity index (χ1v) is 8.12. The van der Waals surface area contributed by atoms with Gasteiger partial charge >= 0.3 is 12.6 Å². The van der Waals surface area contributed by atoms with Crippen molar-refractivity contribution in [2.75, 3.05) is 19.5 Å². The maximum Gasteiger partial charge on any atom is 0.387 e. The van der Waals surface area contributed by atoms with Gasteiger partial charge in [-0.1, -0.05) is 0 Å². The molecule has 0 heterocycles. The highest BCUT2D eigenvalue weighted by molar-refractivity contribution is 5.97. The Kier molecular flexibility index (Phi) is 7.14. The number of rotatable bonds is 8. The SMILES string of the molecule is COc1ccc(NC(=O)[C@H](C)OC(=O)c2ccc(OC(F)F)cc2)cc1OC. The first kappa shape index (κ1) is 20.9. The first-order chi connectivity index (χ1) is 13.3. The van der Waals surface area contributed by atoms with Gasteiger partial charge in [0.05, 0.1) is 19.8 Å². The monoisotopic (exact) mass is 395 g/mol. The summed E-state index contributed by atoms with van der Waals surface area (Å²) in [6.45, 7) is -1.56. The van der Waals surface area contributed by atoms with Crippen LogP contribution in [-0.2, 0) is 9.53 Å². The van der Waals surface area contributed by atoms with Gasteiger partial charge in [0, 0.05) is 11.8 Å². The maximum absolute atomic E-state index is 12.2. The molecule has 0 fully saturated rings. The highest BCUT2D eigenvalue weighted by atomic mass is 19.3. The molecule has 2 rings (SSSR count). The molecule has 1 amide bonds. The van der Waals surface area contributed by atoms with Crippen molar-refractivity contribution in [1.29, 1.82) is 0 Å². The number of esters is 1. The van der Waals surface area contributed by atoms with Crippen LogP contribution in [0.1, 0.15) is 17.3 Å². The molecule has 0 aliphatic heterocycles. The van der Waals surface area contributed by atoms with Crippen molar-refractivity contribution in [3.63, 3.8) is 0 Å². The van der Waals surface area contributed by atoms with Crippen LogP contribution in [0, 0.1) is 0 Å². The lowest BCUT2D eigenvalue weighted by molar-refractivity contribution is -0.123. The van der Waals surface area contributed by atoms with Crippen molar-refractivity contribution >= 4 is 17.6 Å². The number of amides is 1. The number of benzene rings is 2. The molecule has 0 saturated heterocycles. The third kappa shape index (κ3) is 5.57. The summed E-state index contributed by atoms with van der Waals surface area (Å²) in [5.74, 6) is -0.502. The number of hydrogen-bond donors (Lipinski definition) is 1. The summed E-state index contributed by atoms with van der Waals surface area (Å²) in [5, 5.41) is 2.60. The number of alkyl halides is 2. The molecule has 28 heavy (non-hydrogen) atoms. The fourth-order valence-corrected chi connectivity index (χ4v) is 2.21. The van der Waals surface area contributed by atoms with Gasteiger partial charge in [0.2, 0.25) is 0 Å².